The Labute approximate surface area is 131 Å². The Bertz CT molecular complexity index is 422. The van der Waals surface area contributed by atoms with Crippen LogP contribution < -0.4 is 5.43 Å². The maximum Gasteiger partial charge on any atom is 0.430 e. The minimum atomic E-state index is -1.08. The Balaban J connectivity index is 5.14. The van der Waals surface area contributed by atoms with Gasteiger partial charge in [-0.3, -0.25) is 0 Å². The maximum atomic E-state index is 12.1. The van der Waals surface area contributed by atoms with Crippen LogP contribution >= 0.6 is 0 Å². The highest BCUT2D eigenvalue weighted by atomic mass is 16.6. The molecule has 0 fully saturated rings. The zero-order valence-corrected chi connectivity index (χ0v) is 14.5. The first-order chi connectivity index (χ1) is 9.76. The highest BCUT2D eigenvalue weighted by Crippen LogP contribution is 2.12. The number of hydrazine groups is 1. The van der Waals surface area contributed by atoms with Crippen molar-refractivity contribution in [1.82, 2.24) is 10.4 Å². The summed E-state index contributed by atoms with van der Waals surface area (Å²) in [5.74, 6) is -0.707. The Hall–Kier alpha value is -1.99. The molecule has 0 saturated carbocycles. The molecule has 1 N–H and O–H groups in total. The van der Waals surface area contributed by atoms with Gasteiger partial charge < -0.3 is 14.2 Å². The SMILES string of the molecule is COC(=O)[C@H](C)N(NC(=O)OC(C)(C)C)C(=O)OC(C)(C)C. The van der Waals surface area contributed by atoms with Crippen molar-refractivity contribution in [3.63, 3.8) is 0 Å². The third-order valence-corrected chi connectivity index (χ3v) is 2.13. The van der Waals surface area contributed by atoms with Crippen LogP contribution in [0.25, 0.3) is 0 Å². The number of rotatable bonds is 2. The first-order valence-electron chi connectivity index (χ1n) is 6.86. The largest absolute Gasteiger partial charge is 0.467 e. The fourth-order valence-corrected chi connectivity index (χ4v) is 1.29. The molecule has 0 aromatic heterocycles. The third-order valence-electron chi connectivity index (χ3n) is 2.13. The van der Waals surface area contributed by atoms with Crippen LogP contribution in [0.2, 0.25) is 0 Å². The zero-order chi connectivity index (χ0) is 17.7. The summed E-state index contributed by atoms with van der Waals surface area (Å²) in [6.45, 7) is 11.4. The van der Waals surface area contributed by atoms with E-state index in [-0.39, 0.29) is 0 Å². The number of carbonyl (C=O) groups is 3. The molecule has 0 aliphatic heterocycles. The van der Waals surface area contributed by atoms with E-state index in [4.69, 9.17) is 9.47 Å². The molecule has 0 unspecified atom stereocenters. The maximum absolute atomic E-state index is 12.1. The monoisotopic (exact) mass is 318 g/mol. The second-order valence-corrected chi connectivity index (χ2v) is 6.66. The van der Waals surface area contributed by atoms with Crippen LogP contribution in [0.1, 0.15) is 48.5 Å². The van der Waals surface area contributed by atoms with Gasteiger partial charge in [-0.15, -0.1) is 0 Å². The second kappa shape index (κ2) is 7.33. The van der Waals surface area contributed by atoms with Gasteiger partial charge in [-0.05, 0) is 48.5 Å². The molecular weight excluding hydrogens is 292 g/mol. The number of nitrogens with one attached hydrogen (secondary N) is 1. The number of carbonyl (C=O) groups excluding carboxylic acids is 3. The summed E-state index contributed by atoms with van der Waals surface area (Å²) in [6, 6.07) is -1.08. The molecule has 0 bridgehead atoms. The number of hydrogen-bond donors (Lipinski definition) is 1. The molecule has 0 aliphatic carbocycles. The number of esters is 1. The summed E-state index contributed by atoms with van der Waals surface area (Å²) in [6.07, 6.45) is -1.77. The molecule has 0 radical (unpaired) electrons. The molecule has 22 heavy (non-hydrogen) atoms. The van der Waals surface area contributed by atoms with Crippen molar-refractivity contribution in [3.05, 3.63) is 0 Å². The molecule has 0 aliphatic rings. The summed E-state index contributed by atoms with van der Waals surface area (Å²) >= 11 is 0. The first kappa shape index (κ1) is 20.0. The highest BCUT2D eigenvalue weighted by Gasteiger charge is 2.33. The number of amides is 2. The number of ether oxygens (including phenoxy) is 3. The van der Waals surface area contributed by atoms with Crippen molar-refractivity contribution >= 4 is 18.2 Å². The van der Waals surface area contributed by atoms with Crippen molar-refractivity contribution in [3.8, 4) is 0 Å². The van der Waals surface area contributed by atoms with E-state index in [1.54, 1.807) is 41.5 Å². The van der Waals surface area contributed by atoms with Crippen LogP contribution in [0, 0.1) is 0 Å². The van der Waals surface area contributed by atoms with Crippen molar-refractivity contribution in [2.75, 3.05) is 7.11 Å². The molecule has 128 valence electrons. The van der Waals surface area contributed by atoms with Crippen molar-refractivity contribution in [2.24, 2.45) is 0 Å². The summed E-state index contributed by atoms with van der Waals surface area (Å²) in [4.78, 5) is 35.6. The molecule has 8 nitrogen and oxygen atoms in total. The van der Waals surface area contributed by atoms with Crippen molar-refractivity contribution in [1.29, 1.82) is 0 Å². The molecule has 1 atom stereocenters. The summed E-state index contributed by atoms with van der Waals surface area (Å²) < 4.78 is 14.8. The van der Waals surface area contributed by atoms with Gasteiger partial charge in [0.1, 0.15) is 11.2 Å². The lowest BCUT2D eigenvalue weighted by molar-refractivity contribution is -0.147. The smallest absolute Gasteiger partial charge is 0.430 e. The lowest BCUT2D eigenvalue weighted by Gasteiger charge is -2.31. The standard InChI is InChI=1S/C14H26N2O6/c1-9(10(17)20-8)16(12(19)22-14(5,6)7)15-11(18)21-13(2,3)4/h9H,1-8H3,(H,15,18)/t9-/m0/s1. The van der Waals surface area contributed by atoms with E-state index in [0.717, 1.165) is 5.01 Å². The predicted molar refractivity (Wildman–Crippen MR) is 78.9 cm³/mol. The zero-order valence-electron chi connectivity index (χ0n) is 14.5. The lowest BCUT2D eigenvalue weighted by atomic mass is 10.2. The van der Waals surface area contributed by atoms with Crippen LogP contribution in [0.4, 0.5) is 9.59 Å². The van der Waals surface area contributed by atoms with E-state index < -0.39 is 35.4 Å². The fraction of sp³-hybridized carbons (Fsp3) is 0.786. The molecule has 8 heteroatoms. The summed E-state index contributed by atoms with van der Waals surface area (Å²) in [5.41, 5.74) is 0.665. The average Bonchev–Trinajstić information content (AvgIpc) is 2.29. The van der Waals surface area contributed by atoms with E-state index in [1.807, 2.05) is 0 Å². The van der Waals surface area contributed by atoms with Crippen LogP contribution in [0.3, 0.4) is 0 Å². The molecule has 0 rings (SSSR count). The Kier molecular flexibility index (Phi) is 6.66. The van der Waals surface area contributed by atoms with Crippen molar-refractivity contribution in [2.45, 2.75) is 65.7 Å². The van der Waals surface area contributed by atoms with Crippen LogP contribution in [0.5, 0.6) is 0 Å². The van der Waals surface area contributed by atoms with Gasteiger partial charge in [0.2, 0.25) is 0 Å². The molecule has 2 amide bonds. The van der Waals surface area contributed by atoms with Crippen LogP contribution in [-0.4, -0.2) is 47.5 Å². The van der Waals surface area contributed by atoms with Crippen molar-refractivity contribution < 1.29 is 28.6 Å². The van der Waals surface area contributed by atoms with E-state index in [1.165, 1.54) is 14.0 Å². The minimum Gasteiger partial charge on any atom is -0.467 e. The summed E-state index contributed by atoms with van der Waals surface area (Å²) in [5, 5.41) is 0.741. The Morgan fingerprint density at radius 3 is 1.77 bits per heavy atom. The highest BCUT2D eigenvalue weighted by molar-refractivity contribution is 5.82. The van der Waals surface area contributed by atoms with Gasteiger partial charge in [-0.25, -0.2) is 24.8 Å². The minimum absolute atomic E-state index is 0.707. The molecule has 0 saturated heterocycles. The van der Waals surface area contributed by atoms with Gasteiger partial charge >= 0.3 is 18.2 Å². The topological polar surface area (TPSA) is 94.2 Å². The molecular formula is C14H26N2O6. The van der Waals surface area contributed by atoms with Gasteiger partial charge in [0, 0.05) is 0 Å². The van der Waals surface area contributed by atoms with Crippen LogP contribution in [0.15, 0.2) is 0 Å². The second-order valence-electron chi connectivity index (χ2n) is 6.66. The van der Waals surface area contributed by atoms with E-state index in [0.29, 0.717) is 0 Å². The third kappa shape index (κ3) is 7.70. The first-order valence-corrected chi connectivity index (χ1v) is 6.86. The van der Waals surface area contributed by atoms with E-state index in [9.17, 15) is 14.4 Å². The van der Waals surface area contributed by atoms with Gasteiger partial charge in [0.05, 0.1) is 7.11 Å². The quantitative estimate of drug-likeness (QED) is 0.476. The summed E-state index contributed by atoms with van der Waals surface area (Å²) in [7, 11) is 1.18. The van der Waals surface area contributed by atoms with Crippen LogP contribution in [-0.2, 0) is 19.0 Å². The molecule has 0 heterocycles. The predicted octanol–water partition coefficient (Wildman–Crippen LogP) is 2.22. The Morgan fingerprint density at radius 1 is 0.955 bits per heavy atom. The van der Waals surface area contributed by atoms with Gasteiger partial charge in [-0.1, -0.05) is 0 Å². The lowest BCUT2D eigenvalue weighted by Crippen LogP contribution is -2.56. The van der Waals surface area contributed by atoms with Gasteiger partial charge in [0.25, 0.3) is 0 Å². The average molecular weight is 318 g/mol. The Morgan fingerprint density at radius 2 is 1.41 bits per heavy atom. The van der Waals surface area contributed by atoms with E-state index in [2.05, 4.69) is 10.2 Å². The molecule has 0 spiro atoms. The normalized spacial score (nSPS) is 12.9. The van der Waals surface area contributed by atoms with Gasteiger partial charge in [-0.2, -0.15) is 0 Å². The molecule has 0 aromatic rings. The molecule has 0 aromatic carbocycles. The number of methoxy groups -OCH3 is 1. The number of nitrogens with zero attached hydrogens (tertiary/aromatic N) is 1. The van der Waals surface area contributed by atoms with Gasteiger partial charge in [0.15, 0.2) is 6.04 Å². The van der Waals surface area contributed by atoms with E-state index >= 15 is 0 Å². The fourth-order valence-electron chi connectivity index (χ4n) is 1.29. The number of hydrogen-bond acceptors (Lipinski definition) is 6.